The highest BCUT2D eigenvalue weighted by Crippen LogP contribution is 2.23. The molecule has 31 heavy (non-hydrogen) atoms. The molecule has 0 saturated carbocycles. The first-order valence-corrected chi connectivity index (χ1v) is 10.1. The molecule has 0 aliphatic carbocycles. The molecular formula is C23H21FN6O. The van der Waals surface area contributed by atoms with Crippen LogP contribution in [0.2, 0.25) is 0 Å². The number of nitrogens with zero attached hydrogens (tertiary/aromatic N) is 6. The van der Waals surface area contributed by atoms with Crippen molar-refractivity contribution in [3.63, 3.8) is 0 Å². The Labute approximate surface area is 179 Å². The van der Waals surface area contributed by atoms with E-state index in [0.29, 0.717) is 19.5 Å². The first-order chi connectivity index (χ1) is 15.1. The molecule has 0 spiro atoms. The first kappa shape index (κ1) is 20.4. The molecule has 4 rings (SSSR count). The Hall–Kier alpha value is -3.86. The number of rotatable bonds is 6. The van der Waals surface area contributed by atoms with Crippen molar-refractivity contribution in [1.82, 2.24) is 25.1 Å². The number of tetrazole rings is 1. The van der Waals surface area contributed by atoms with Gasteiger partial charge in [0.25, 0.3) is 0 Å². The van der Waals surface area contributed by atoms with Crippen molar-refractivity contribution in [2.24, 2.45) is 0 Å². The number of halogens is 1. The number of aromatic nitrogens is 4. The molecule has 2 aromatic carbocycles. The van der Waals surface area contributed by atoms with E-state index in [1.165, 1.54) is 18.0 Å². The van der Waals surface area contributed by atoms with Crippen LogP contribution in [-0.4, -0.2) is 44.1 Å². The Morgan fingerprint density at radius 3 is 2.61 bits per heavy atom. The second-order valence-electron chi connectivity index (χ2n) is 7.45. The quantitative estimate of drug-likeness (QED) is 0.454. The fourth-order valence-corrected chi connectivity index (χ4v) is 3.60. The van der Waals surface area contributed by atoms with Crippen molar-refractivity contribution in [3.8, 4) is 5.69 Å². The van der Waals surface area contributed by atoms with Crippen LogP contribution in [0.15, 0.2) is 60.4 Å². The van der Waals surface area contributed by atoms with Crippen LogP contribution in [0.5, 0.6) is 0 Å². The largest absolute Gasteiger partial charge is 0.338 e. The molecule has 1 aliphatic rings. The molecule has 0 radical (unpaired) electrons. The van der Waals surface area contributed by atoms with E-state index in [1.807, 2.05) is 29.2 Å². The molecule has 7 nitrogen and oxygen atoms in total. The van der Waals surface area contributed by atoms with E-state index in [1.54, 1.807) is 16.8 Å². The smallest absolute Gasteiger partial charge is 0.227 e. The van der Waals surface area contributed by atoms with E-state index in [9.17, 15) is 9.18 Å². The van der Waals surface area contributed by atoms with Crippen LogP contribution < -0.4 is 0 Å². The van der Waals surface area contributed by atoms with E-state index >= 15 is 0 Å². The molecule has 1 aromatic heterocycles. The zero-order valence-electron chi connectivity index (χ0n) is 16.9. The van der Waals surface area contributed by atoms with Gasteiger partial charge in [-0.15, -0.1) is 5.10 Å². The minimum Gasteiger partial charge on any atom is -0.338 e. The number of carbonyl (C=O) groups is 1. The third-order valence-corrected chi connectivity index (χ3v) is 5.43. The summed E-state index contributed by atoms with van der Waals surface area (Å²) in [6, 6.07) is 12.3. The Bertz CT molecular complexity index is 1130. The van der Waals surface area contributed by atoms with Gasteiger partial charge in [-0.25, -0.2) is 13.9 Å². The number of amides is 1. The van der Waals surface area contributed by atoms with Crippen molar-refractivity contribution in [1.29, 1.82) is 0 Å². The van der Waals surface area contributed by atoms with Gasteiger partial charge in [0, 0.05) is 13.1 Å². The monoisotopic (exact) mass is 416 g/mol. The standard InChI is InChI=1S/C23H21FN6O/c1-25-22-14-18(6-9-21(22)24)3-2-17-10-12-29(13-11-17)23(31)15-19-4-7-20(8-5-19)30-16-26-27-28-30/h4-10,14,16H,2-3,11-13,15H2. The number of hydrogen-bond acceptors (Lipinski definition) is 4. The summed E-state index contributed by atoms with van der Waals surface area (Å²) < 4.78 is 15.0. The van der Waals surface area contributed by atoms with Crippen LogP contribution in [0.3, 0.4) is 0 Å². The Balaban J connectivity index is 1.28. The second-order valence-corrected chi connectivity index (χ2v) is 7.45. The van der Waals surface area contributed by atoms with Crippen molar-refractivity contribution in [3.05, 3.63) is 88.8 Å². The maximum Gasteiger partial charge on any atom is 0.227 e. The summed E-state index contributed by atoms with van der Waals surface area (Å²) >= 11 is 0. The topological polar surface area (TPSA) is 68.3 Å². The zero-order valence-corrected chi connectivity index (χ0v) is 16.9. The number of aryl methyl sites for hydroxylation is 1. The van der Waals surface area contributed by atoms with Crippen LogP contribution in [0.25, 0.3) is 10.5 Å². The Morgan fingerprint density at radius 1 is 1.13 bits per heavy atom. The van der Waals surface area contributed by atoms with Crippen LogP contribution in [0.4, 0.5) is 10.1 Å². The van der Waals surface area contributed by atoms with Gasteiger partial charge < -0.3 is 4.90 Å². The summed E-state index contributed by atoms with van der Waals surface area (Å²) in [6.07, 6.45) is 6.44. The van der Waals surface area contributed by atoms with Crippen LogP contribution in [0.1, 0.15) is 24.0 Å². The van der Waals surface area contributed by atoms with Gasteiger partial charge in [-0.3, -0.25) is 4.79 Å². The van der Waals surface area contributed by atoms with E-state index in [-0.39, 0.29) is 11.6 Å². The molecule has 0 fully saturated rings. The van der Waals surface area contributed by atoms with Crippen LogP contribution in [0, 0.1) is 12.4 Å². The summed E-state index contributed by atoms with van der Waals surface area (Å²) in [5.41, 5.74) is 4.11. The van der Waals surface area contributed by atoms with Gasteiger partial charge in [0.1, 0.15) is 12.1 Å². The molecule has 0 N–H and O–H groups in total. The maximum absolute atomic E-state index is 13.5. The molecule has 0 bridgehead atoms. The van der Waals surface area contributed by atoms with Crippen molar-refractivity contribution >= 4 is 11.6 Å². The average Bonchev–Trinajstić information content (AvgIpc) is 3.34. The number of hydrogen-bond donors (Lipinski definition) is 0. The minimum absolute atomic E-state index is 0.0675. The van der Waals surface area contributed by atoms with Gasteiger partial charge >= 0.3 is 0 Å². The molecule has 0 unspecified atom stereocenters. The predicted octanol–water partition coefficient (Wildman–Crippen LogP) is 3.69. The van der Waals surface area contributed by atoms with Crippen LogP contribution >= 0.6 is 0 Å². The average molecular weight is 416 g/mol. The lowest BCUT2D eigenvalue weighted by Crippen LogP contribution is -2.36. The molecule has 1 aliphatic heterocycles. The highest BCUT2D eigenvalue weighted by molar-refractivity contribution is 5.79. The molecule has 3 aromatic rings. The lowest BCUT2D eigenvalue weighted by atomic mass is 9.99. The molecular weight excluding hydrogens is 395 g/mol. The lowest BCUT2D eigenvalue weighted by molar-refractivity contribution is -0.130. The molecule has 0 saturated heterocycles. The predicted molar refractivity (Wildman–Crippen MR) is 113 cm³/mol. The van der Waals surface area contributed by atoms with Gasteiger partial charge in [-0.2, -0.15) is 0 Å². The summed E-state index contributed by atoms with van der Waals surface area (Å²) in [6.45, 7) is 8.33. The Morgan fingerprint density at radius 2 is 1.94 bits per heavy atom. The summed E-state index contributed by atoms with van der Waals surface area (Å²) in [4.78, 5) is 17.7. The molecule has 1 amide bonds. The van der Waals surface area contributed by atoms with Crippen molar-refractivity contribution < 1.29 is 9.18 Å². The van der Waals surface area contributed by atoms with E-state index in [2.05, 4.69) is 26.4 Å². The van der Waals surface area contributed by atoms with Gasteiger partial charge in [0.05, 0.1) is 18.7 Å². The van der Waals surface area contributed by atoms with Gasteiger partial charge in [-0.05, 0) is 53.5 Å². The maximum atomic E-state index is 13.5. The normalized spacial score (nSPS) is 13.5. The molecule has 8 heteroatoms. The van der Waals surface area contributed by atoms with Crippen LogP contribution in [-0.2, 0) is 17.6 Å². The highest BCUT2D eigenvalue weighted by Gasteiger charge is 2.17. The minimum atomic E-state index is -0.477. The summed E-state index contributed by atoms with van der Waals surface area (Å²) in [5, 5.41) is 11.1. The SMILES string of the molecule is [C-]#[N+]c1cc(CCC2=CCN(C(=O)Cc3ccc(-n4cnnn4)cc3)CC2)ccc1F. The van der Waals surface area contributed by atoms with Crippen molar-refractivity contribution in [2.75, 3.05) is 13.1 Å². The lowest BCUT2D eigenvalue weighted by Gasteiger charge is -2.27. The molecule has 2 heterocycles. The van der Waals surface area contributed by atoms with Gasteiger partial charge in [0.2, 0.25) is 11.6 Å². The Kier molecular flexibility index (Phi) is 6.13. The summed E-state index contributed by atoms with van der Waals surface area (Å²) in [5.74, 6) is -0.375. The van der Waals surface area contributed by atoms with Crippen molar-refractivity contribution in [2.45, 2.75) is 25.7 Å². The number of benzene rings is 2. The molecule has 0 atom stereocenters. The third kappa shape index (κ3) is 5.01. The zero-order chi connectivity index (χ0) is 21.6. The van der Waals surface area contributed by atoms with E-state index < -0.39 is 5.82 Å². The summed E-state index contributed by atoms with van der Waals surface area (Å²) in [7, 11) is 0. The second kappa shape index (κ2) is 9.30. The first-order valence-electron chi connectivity index (χ1n) is 10.1. The third-order valence-electron chi connectivity index (χ3n) is 5.43. The highest BCUT2D eigenvalue weighted by atomic mass is 19.1. The van der Waals surface area contributed by atoms with E-state index in [0.717, 1.165) is 36.1 Å². The van der Waals surface area contributed by atoms with E-state index in [4.69, 9.17) is 6.57 Å². The van der Waals surface area contributed by atoms with Gasteiger partial charge in [-0.1, -0.05) is 41.5 Å². The fourth-order valence-electron chi connectivity index (χ4n) is 3.60. The van der Waals surface area contributed by atoms with Gasteiger partial charge in [0.15, 0.2) is 0 Å². The fraction of sp³-hybridized carbons (Fsp3) is 0.261. The number of carbonyl (C=O) groups excluding carboxylic acids is 1. The molecule has 156 valence electrons.